The Morgan fingerprint density at radius 3 is 2.70 bits per heavy atom. The molecule has 122 valence electrons. The number of nitrogens with one attached hydrogen (secondary N) is 1. The van der Waals surface area contributed by atoms with E-state index in [-0.39, 0.29) is 12.8 Å². The van der Waals surface area contributed by atoms with Crippen molar-refractivity contribution in [2.24, 2.45) is 5.10 Å². The van der Waals surface area contributed by atoms with Crippen LogP contribution in [0.5, 0.6) is 0 Å². The highest BCUT2D eigenvalue weighted by Crippen LogP contribution is 2.25. The Balaban J connectivity index is 2.11. The van der Waals surface area contributed by atoms with Crippen molar-refractivity contribution >= 4 is 40.6 Å². The van der Waals surface area contributed by atoms with Crippen LogP contribution in [0.1, 0.15) is 30.4 Å². The molecule has 5 nitrogen and oxygen atoms in total. The monoisotopic (exact) mass is 353 g/mol. The number of halogens is 2. The number of furan rings is 1. The van der Waals surface area contributed by atoms with Crippen LogP contribution in [0.25, 0.3) is 0 Å². The molecule has 7 heteroatoms. The maximum atomic E-state index is 10.5. The van der Waals surface area contributed by atoms with E-state index in [0.717, 1.165) is 5.56 Å². The average Bonchev–Trinajstić information content (AvgIpc) is 2.87. The molecule has 0 saturated heterocycles. The molecule has 0 radical (unpaired) electrons. The first-order valence-corrected chi connectivity index (χ1v) is 7.67. The standard InChI is InChI=1S/C16H16Cl2N2O3/c1-9(19-20-11-3-5-14(17)15(18)7-11)13-8-12(23-10(13)2)4-6-16(21)22/h3,5,7-8,20H,4,6H2,1-2H3,(H,21,22)/p-1/b19-9-. The molecule has 0 saturated carbocycles. The van der Waals surface area contributed by atoms with E-state index in [0.29, 0.717) is 33.0 Å². The van der Waals surface area contributed by atoms with Gasteiger partial charge < -0.3 is 14.3 Å². The Kier molecular flexibility index (Phi) is 5.69. The third-order valence-corrected chi connectivity index (χ3v) is 3.95. The number of benzene rings is 1. The van der Waals surface area contributed by atoms with E-state index in [1.807, 2.05) is 6.92 Å². The SMILES string of the molecule is C/C(=N/Nc1ccc(Cl)c(Cl)c1)c1cc(CCC(=O)[O-])oc1C. The van der Waals surface area contributed by atoms with Crippen molar-refractivity contribution in [3.05, 3.63) is 51.4 Å². The van der Waals surface area contributed by atoms with E-state index in [1.54, 1.807) is 31.2 Å². The molecule has 2 rings (SSSR count). The number of carboxylic acid groups (broad SMARTS) is 1. The van der Waals surface area contributed by atoms with Gasteiger partial charge in [-0.25, -0.2) is 0 Å². The number of hydrazone groups is 1. The number of aliphatic carboxylic acids is 1. The maximum Gasteiger partial charge on any atom is 0.110 e. The number of anilines is 1. The molecule has 0 amide bonds. The van der Waals surface area contributed by atoms with E-state index in [9.17, 15) is 9.90 Å². The van der Waals surface area contributed by atoms with Crippen LogP contribution in [0.4, 0.5) is 5.69 Å². The summed E-state index contributed by atoms with van der Waals surface area (Å²) in [5.74, 6) is 0.161. The van der Waals surface area contributed by atoms with Crippen LogP contribution in [0, 0.1) is 6.92 Å². The summed E-state index contributed by atoms with van der Waals surface area (Å²) in [6, 6.07) is 6.90. The minimum Gasteiger partial charge on any atom is -0.550 e. The van der Waals surface area contributed by atoms with Gasteiger partial charge in [0, 0.05) is 18.0 Å². The summed E-state index contributed by atoms with van der Waals surface area (Å²) >= 11 is 11.8. The van der Waals surface area contributed by atoms with Crippen molar-refractivity contribution in [3.8, 4) is 0 Å². The van der Waals surface area contributed by atoms with Crippen LogP contribution in [0.2, 0.25) is 10.0 Å². The second-order valence-corrected chi connectivity index (χ2v) is 5.81. The lowest BCUT2D eigenvalue weighted by Gasteiger charge is -2.04. The highest BCUT2D eigenvalue weighted by molar-refractivity contribution is 6.42. The van der Waals surface area contributed by atoms with Crippen LogP contribution >= 0.6 is 23.2 Å². The molecule has 0 aliphatic rings. The van der Waals surface area contributed by atoms with Crippen LogP contribution in [-0.2, 0) is 11.2 Å². The van der Waals surface area contributed by atoms with Gasteiger partial charge in [-0.1, -0.05) is 23.2 Å². The summed E-state index contributed by atoms with van der Waals surface area (Å²) in [5.41, 5.74) is 5.12. The zero-order valence-corrected chi connectivity index (χ0v) is 14.2. The predicted molar refractivity (Wildman–Crippen MR) is 89.1 cm³/mol. The first-order valence-electron chi connectivity index (χ1n) is 6.91. The molecule has 1 N–H and O–H groups in total. The highest BCUT2D eigenvalue weighted by atomic mass is 35.5. The molecule has 1 aromatic carbocycles. The summed E-state index contributed by atoms with van der Waals surface area (Å²) in [6.45, 7) is 3.63. The van der Waals surface area contributed by atoms with Gasteiger partial charge in [0.15, 0.2) is 0 Å². The third kappa shape index (κ3) is 4.74. The highest BCUT2D eigenvalue weighted by Gasteiger charge is 2.10. The summed E-state index contributed by atoms with van der Waals surface area (Å²) in [6.07, 6.45) is 0.209. The molecule has 0 spiro atoms. The molecule has 0 unspecified atom stereocenters. The molecular formula is C16H15Cl2N2O3-. The van der Waals surface area contributed by atoms with Gasteiger partial charge in [0.1, 0.15) is 11.5 Å². The molecule has 23 heavy (non-hydrogen) atoms. The number of carboxylic acids is 1. The Labute approximate surface area is 143 Å². The Hall–Kier alpha value is -1.98. The van der Waals surface area contributed by atoms with Gasteiger partial charge in [0.05, 0.1) is 21.4 Å². The number of hydrogen-bond acceptors (Lipinski definition) is 5. The van der Waals surface area contributed by atoms with Crippen molar-refractivity contribution in [3.63, 3.8) is 0 Å². The Morgan fingerprint density at radius 2 is 2.04 bits per heavy atom. The molecular weight excluding hydrogens is 339 g/mol. The quantitative estimate of drug-likeness (QED) is 0.637. The number of rotatable bonds is 6. The Bertz CT molecular complexity index is 754. The van der Waals surface area contributed by atoms with Gasteiger partial charge >= 0.3 is 0 Å². The van der Waals surface area contributed by atoms with Crippen molar-refractivity contribution in [1.82, 2.24) is 0 Å². The fraction of sp³-hybridized carbons (Fsp3) is 0.250. The van der Waals surface area contributed by atoms with Gasteiger partial charge in [-0.05, 0) is 44.5 Å². The fourth-order valence-electron chi connectivity index (χ4n) is 2.03. The smallest absolute Gasteiger partial charge is 0.110 e. The normalized spacial score (nSPS) is 11.6. The summed E-state index contributed by atoms with van der Waals surface area (Å²) in [4.78, 5) is 10.5. The molecule has 2 aromatic rings. The van der Waals surface area contributed by atoms with E-state index in [2.05, 4.69) is 10.5 Å². The largest absolute Gasteiger partial charge is 0.550 e. The molecule has 0 atom stereocenters. The minimum absolute atomic E-state index is 0.0793. The van der Waals surface area contributed by atoms with Gasteiger partial charge in [-0.2, -0.15) is 5.10 Å². The van der Waals surface area contributed by atoms with Crippen LogP contribution in [-0.4, -0.2) is 11.7 Å². The Morgan fingerprint density at radius 1 is 1.30 bits per heavy atom. The van der Waals surface area contributed by atoms with E-state index in [4.69, 9.17) is 27.6 Å². The topological polar surface area (TPSA) is 77.7 Å². The van der Waals surface area contributed by atoms with Gasteiger partial charge in [-0.3, -0.25) is 5.43 Å². The zero-order valence-electron chi connectivity index (χ0n) is 12.7. The van der Waals surface area contributed by atoms with Gasteiger partial charge in [0.2, 0.25) is 0 Å². The molecule has 0 bridgehead atoms. The van der Waals surface area contributed by atoms with Crippen molar-refractivity contribution < 1.29 is 14.3 Å². The van der Waals surface area contributed by atoms with Crippen LogP contribution < -0.4 is 10.5 Å². The van der Waals surface area contributed by atoms with Crippen molar-refractivity contribution in [2.45, 2.75) is 26.7 Å². The second kappa shape index (κ2) is 7.53. The molecule has 0 aliphatic carbocycles. The molecule has 1 aromatic heterocycles. The maximum absolute atomic E-state index is 10.5. The third-order valence-electron chi connectivity index (χ3n) is 3.21. The van der Waals surface area contributed by atoms with Crippen molar-refractivity contribution in [2.75, 3.05) is 5.43 Å². The van der Waals surface area contributed by atoms with Crippen LogP contribution in [0.3, 0.4) is 0 Å². The number of nitrogens with zero attached hydrogens (tertiary/aromatic N) is 1. The lowest BCUT2D eigenvalue weighted by molar-refractivity contribution is -0.305. The zero-order chi connectivity index (χ0) is 17.0. The average molecular weight is 354 g/mol. The van der Waals surface area contributed by atoms with Crippen LogP contribution in [0.15, 0.2) is 33.8 Å². The van der Waals surface area contributed by atoms with E-state index in [1.165, 1.54) is 0 Å². The number of hydrogen-bond donors (Lipinski definition) is 1. The first kappa shape index (κ1) is 17.4. The predicted octanol–water partition coefficient (Wildman–Crippen LogP) is 3.41. The van der Waals surface area contributed by atoms with E-state index < -0.39 is 5.97 Å². The lowest BCUT2D eigenvalue weighted by atomic mass is 10.1. The fourth-order valence-corrected chi connectivity index (χ4v) is 2.32. The lowest BCUT2D eigenvalue weighted by Crippen LogP contribution is -2.22. The molecule has 0 fully saturated rings. The minimum atomic E-state index is -1.10. The number of aryl methyl sites for hydroxylation is 2. The molecule has 0 aliphatic heterocycles. The summed E-state index contributed by atoms with van der Waals surface area (Å²) < 4.78 is 5.53. The van der Waals surface area contributed by atoms with Gasteiger partial charge in [-0.15, -0.1) is 0 Å². The summed E-state index contributed by atoms with van der Waals surface area (Å²) in [5, 5.41) is 15.7. The van der Waals surface area contributed by atoms with Gasteiger partial charge in [0.25, 0.3) is 0 Å². The first-order chi connectivity index (χ1) is 10.9. The molecule has 1 heterocycles. The van der Waals surface area contributed by atoms with E-state index >= 15 is 0 Å². The second-order valence-electron chi connectivity index (χ2n) is 4.99. The van der Waals surface area contributed by atoms with Crippen molar-refractivity contribution in [1.29, 1.82) is 0 Å². The number of carbonyl (C=O) groups excluding carboxylic acids is 1. The summed E-state index contributed by atoms with van der Waals surface area (Å²) in [7, 11) is 0. The number of carbonyl (C=O) groups is 1.